The molecular formula is C11H17N3O4S. The Labute approximate surface area is 114 Å². The summed E-state index contributed by atoms with van der Waals surface area (Å²) in [4.78, 5) is 35.7. The van der Waals surface area contributed by atoms with E-state index in [0.717, 1.165) is 12.8 Å². The van der Waals surface area contributed by atoms with Crippen molar-refractivity contribution in [1.29, 1.82) is 0 Å². The third-order valence-corrected chi connectivity index (χ3v) is 4.79. The first-order valence-electron chi connectivity index (χ1n) is 6.14. The van der Waals surface area contributed by atoms with Crippen LogP contribution in [0.4, 0.5) is 4.79 Å². The van der Waals surface area contributed by atoms with Crippen molar-refractivity contribution < 1.29 is 19.5 Å². The highest BCUT2D eigenvalue weighted by molar-refractivity contribution is 8.00. The van der Waals surface area contributed by atoms with Crippen LogP contribution in [0.2, 0.25) is 0 Å². The molecule has 2 fully saturated rings. The second kappa shape index (κ2) is 5.28. The van der Waals surface area contributed by atoms with Gasteiger partial charge in [0.1, 0.15) is 12.1 Å². The van der Waals surface area contributed by atoms with Gasteiger partial charge in [0.05, 0.1) is 5.37 Å². The van der Waals surface area contributed by atoms with Crippen LogP contribution in [0.5, 0.6) is 0 Å². The maximum Gasteiger partial charge on any atom is 0.327 e. The summed E-state index contributed by atoms with van der Waals surface area (Å²) < 4.78 is 0. The molecule has 2 aliphatic rings. The van der Waals surface area contributed by atoms with Gasteiger partial charge in [0.25, 0.3) is 0 Å². The van der Waals surface area contributed by atoms with Gasteiger partial charge in [-0.25, -0.2) is 9.59 Å². The van der Waals surface area contributed by atoms with E-state index in [1.807, 2.05) is 0 Å². The summed E-state index contributed by atoms with van der Waals surface area (Å²) in [6.45, 7) is 1.51. The molecule has 0 radical (unpaired) electrons. The van der Waals surface area contributed by atoms with Crippen LogP contribution in [-0.4, -0.2) is 51.1 Å². The smallest absolute Gasteiger partial charge is 0.327 e. The second-order valence-corrected chi connectivity index (χ2v) is 6.04. The molecule has 106 valence electrons. The number of carboxylic acid groups (broad SMARTS) is 1. The lowest BCUT2D eigenvalue weighted by atomic mass is 10.2. The first-order chi connectivity index (χ1) is 8.91. The molecule has 3 unspecified atom stereocenters. The summed E-state index contributed by atoms with van der Waals surface area (Å²) in [6, 6.07) is -2.41. The Hall–Kier alpha value is -1.44. The van der Waals surface area contributed by atoms with Crippen molar-refractivity contribution in [2.24, 2.45) is 11.7 Å². The minimum absolute atomic E-state index is 0.0919. The number of carboxylic acids is 1. The highest BCUT2D eigenvalue weighted by atomic mass is 32.2. The fraction of sp³-hybridized carbons (Fsp3) is 0.727. The number of nitrogens with two attached hydrogens (primary N) is 1. The van der Waals surface area contributed by atoms with Gasteiger partial charge in [0.2, 0.25) is 5.91 Å². The van der Waals surface area contributed by atoms with Crippen LogP contribution in [0.3, 0.4) is 0 Å². The predicted molar refractivity (Wildman–Crippen MR) is 69.4 cm³/mol. The Bertz CT molecular complexity index is 413. The molecule has 0 aromatic carbocycles. The summed E-state index contributed by atoms with van der Waals surface area (Å²) in [6.07, 6.45) is 2.04. The molecule has 4 N–H and O–H groups in total. The first kappa shape index (κ1) is 14.0. The topological polar surface area (TPSA) is 113 Å². The van der Waals surface area contributed by atoms with Gasteiger partial charge in [0.15, 0.2) is 0 Å². The summed E-state index contributed by atoms with van der Waals surface area (Å²) in [5.41, 5.74) is 4.99. The van der Waals surface area contributed by atoms with Crippen molar-refractivity contribution in [1.82, 2.24) is 10.2 Å². The summed E-state index contributed by atoms with van der Waals surface area (Å²) >= 11 is 1.50. The third kappa shape index (κ3) is 2.94. The molecule has 0 bridgehead atoms. The molecule has 0 aromatic rings. The average Bonchev–Trinajstić information content (AvgIpc) is 3.05. The second-order valence-electron chi connectivity index (χ2n) is 4.89. The van der Waals surface area contributed by atoms with E-state index >= 15 is 0 Å². The van der Waals surface area contributed by atoms with Gasteiger partial charge < -0.3 is 21.1 Å². The lowest BCUT2D eigenvalue weighted by Crippen LogP contribution is -2.54. The van der Waals surface area contributed by atoms with E-state index in [1.54, 1.807) is 0 Å². The number of aliphatic carboxylic acids is 1. The van der Waals surface area contributed by atoms with E-state index in [2.05, 4.69) is 5.32 Å². The van der Waals surface area contributed by atoms with E-state index < -0.39 is 24.1 Å². The Kier molecular flexibility index (Phi) is 3.88. The van der Waals surface area contributed by atoms with Gasteiger partial charge in [-0.1, -0.05) is 0 Å². The summed E-state index contributed by atoms with van der Waals surface area (Å²) in [7, 11) is 0. The normalized spacial score (nSPS) is 27.9. The van der Waals surface area contributed by atoms with Crippen LogP contribution in [0.1, 0.15) is 19.8 Å². The SMILES string of the molecule is CC(NC(N)=O)C(=O)N1C(C(=O)O)CSC1C1CC1. The van der Waals surface area contributed by atoms with Crippen molar-refractivity contribution in [3.8, 4) is 0 Å². The number of carbonyl (C=O) groups is 3. The fourth-order valence-corrected chi connectivity index (χ4v) is 3.88. The maximum absolute atomic E-state index is 12.3. The van der Waals surface area contributed by atoms with Gasteiger partial charge in [-0.2, -0.15) is 0 Å². The van der Waals surface area contributed by atoms with Crippen molar-refractivity contribution in [3.05, 3.63) is 0 Å². The highest BCUT2D eigenvalue weighted by Crippen LogP contribution is 2.45. The maximum atomic E-state index is 12.3. The zero-order chi connectivity index (χ0) is 14.2. The number of hydrogen-bond acceptors (Lipinski definition) is 4. The van der Waals surface area contributed by atoms with Gasteiger partial charge in [-0.05, 0) is 25.7 Å². The van der Waals surface area contributed by atoms with Gasteiger partial charge >= 0.3 is 12.0 Å². The standard InChI is InChI=1S/C11H17N3O4S/c1-5(13-11(12)18)8(15)14-7(10(16)17)4-19-9(14)6-2-3-6/h5-7,9H,2-4H2,1H3,(H,16,17)(H3,12,13,18). The molecule has 0 aromatic heterocycles. The first-order valence-corrected chi connectivity index (χ1v) is 7.19. The number of carbonyl (C=O) groups excluding carboxylic acids is 2. The molecule has 8 heteroatoms. The Morgan fingerprint density at radius 3 is 2.53 bits per heavy atom. The van der Waals surface area contributed by atoms with Crippen LogP contribution < -0.4 is 11.1 Å². The molecule has 1 heterocycles. The number of nitrogens with one attached hydrogen (secondary N) is 1. The molecule has 7 nitrogen and oxygen atoms in total. The Morgan fingerprint density at radius 2 is 2.05 bits per heavy atom. The van der Waals surface area contributed by atoms with E-state index in [-0.39, 0.29) is 11.3 Å². The van der Waals surface area contributed by atoms with E-state index in [4.69, 9.17) is 5.73 Å². The van der Waals surface area contributed by atoms with Crippen LogP contribution in [0.25, 0.3) is 0 Å². The Morgan fingerprint density at radius 1 is 1.42 bits per heavy atom. The van der Waals surface area contributed by atoms with Crippen molar-refractivity contribution >= 4 is 29.7 Å². The molecule has 1 aliphatic carbocycles. The minimum atomic E-state index is -1.00. The number of primary amides is 1. The number of rotatable bonds is 4. The monoisotopic (exact) mass is 287 g/mol. The quantitative estimate of drug-likeness (QED) is 0.663. The lowest BCUT2D eigenvalue weighted by molar-refractivity contribution is -0.149. The number of hydrogen-bond donors (Lipinski definition) is 3. The largest absolute Gasteiger partial charge is 0.480 e. The summed E-state index contributed by atoms with van der Waals surface area (Å²) in [5.74, 6) is -0.617. The number of nitrogens with zero attached hydrogens (tertiary/aromatic N) is 1. The molecule has 1 aliphatic heterocycles. The van der Waals surface area contributed by atoms with Gasteiger partial charge in [0, 0.05) is 5.75 Å². The van der Waals surface area contributed by atoms with Crippen molar-refractivity contribution in [3.63, 3.8) is 0 Å². The minimum Gasteiger partial charge on any atom is -0.480 e. The highest BCUT2D eigenvalue weighted by Gasteiger charge is 2.48. The van der Waals surface area contributed by atoms with Crippen LogP contribution in [-0.2, 0) is 9.59 Å². The molecule has 2 rings (SSSR count). The van der Waals surface area contributed by atoms with Crippen molar-refractivity contribution in [2.75, 3.05) is 5.75 Å². The molecular weight excluding hydrogens is 270 g/mol. The van der Waals surface area contributed by atoms with E-state index in [9.17, 15) is 19.5 Å². The molecule has 3 atom stereocenters. The summed E-state index contributed by atoms with van der Waals surface area (Å²) in [5, 5.41) is 11.4. The van der Waals surface area contributed by atoms with Gasteiger partial charge in [-0.15, -0.1) is 11.8 Å². The van der Waals surface area contributed by atoms with E-state index in [0.29, 0.717) is 11.7 Å². The zero-order valence-electron chi connectivity index (χ0n) is 10.5. The Balaban J connectivity index is 2.13. The molecule has 1 saturated carbocycles. The molecule has 1 saturated heterocycles. The number of thioether (sulfide) groups is 1. The number of urea groups is 1. The fourth-order valence-electron chi connectivity index (χ4n) is 2.24. The lowest BCUT2D eigenvalue weighted by Gasteiger charge is -2.29. The third-order valence-electron chi connectivity index (χ3n) is 3.33. The van der Waals surface area contributed by atoms with Crippen LogP contribution in [0, 0.1) is 5.92 Å². The number of amides is 3. The van der Waals surface area contributed by atoms with Crippen molar-refractivity contribution in [2.45, 2.75) is 37.2 Å². The van der Waals surface area contributed by atoms with E-state index in [1.165, 1.54) is 23.6 Å². The molecule has 3 amide bonds. The molecule has 0 spiro atoms. The molecule has 19 heavy (non-hydrogen) atoms. The zero-order valence-corrected chi connectivity index (χ0v) is 11.4. The van der Waals surface area contributed by atoms with Crippen LogP contribution >= 0.6 is 11.8 Å². The predicted octanol–water partition coefficient (Wildman–Crippen LogP) is -0.192. The van der Waals surface area contributed by atoms with Crippen LogP contribution in [0.15, 0.2) is 0 Å². The van der Waals surface area contributed by atoms with Gasteiger partial charge in [-0.3, -0.25) is 4.79 Å². The average molecular weight is 287 g/mol.